The smallest absolute Gasteiger partial charge is 0.367 e. The summed E-state index contributed by atoms with van der Waals surface area (Å²) in [4.78, 5) is 26.9. The van der Waals surface area contributed by atoms with Gasteiger partial charge in [0, 0.05) is 23.5 Å². The average molecular weight is 477 g/mol. The fourth-order valence-corrected chi connectivity index (χ4v) is 5.12. The van der Waals surface area contributed by atoms with Crippen molar-refractivity contribution in [2.24, 2.45) is 5.73 Å². The molecule has 2 heterocycles. The first-order valence-electron chi connectivity index (χ1n) is 9.92. The average Bonchev–Trinajstić information content (AvgIpc) is 2.73. The summed E-state index contributed by atoms with van der Waals surface area (Å²) < 4.78 is 20.6. The number of nitrogens with zero attached hydrogens (tertiary/aromatic N) is 2. The normalized spacial score (nSPS) is 26.2. The van der Waals surface area contributed by atoms with Crippen LogP contribution in [0.15, 0.2) is 46.9 Å². The minimum Gasteiger partial charge on any atom is -0.367 e. The third kappa shape index (κ3) is 3.53. The highest BCUT2D eigenvalue weighted by molar-refractivity contribution is 9.10. The number of benzene rings is 2. The zero-order valence-corrected chi connectivity index (χ0v) is 18.3. The molecule has 3 amide bonds. The van der Waals surface area contributed by atoms with E-state index in [0.717, 1.165) is 22.0 Å². The predicted molar refractivity (Wildman–Crippen MR) is 115 cm³/mol. The summed E-state index contributed by atoms with van der Waals surface area (Å²) in [6.07, 6.45) is 0.336. The molecule has 2 N–H and O–H groups in total. The van der Waals surface area contributed by atoms with E-state index in [0.29, 0.717) is 31.9 Å². The number of primary amides is 1. The van der Waals surface area contributed by atoms with Gasteiger partial charge in [0.05, 0.1) is 19.7 Å². The Bertz CT molecular complexity index is 984. The van der Waals surface area contributed by atoms with Crippen molar-refractivity contribution >= 4 is 33.6 Å². The molecule has 0 bridgehead atoms. The summed E-state index contributed by atoms with van der Waals surface area (Å²) in [6, 6.07) is 10.9. The maximum Gasteiger partial charge on any atom is 0.419 e. The Morgan fingerprint density at radius 3 is 2.63 bits per heavy atom. The first kappa shape index (κ1) is 21.0. The van der Waals surface area contributed by atoms with E-state index in [-0.39, 0.29) is 16.2 Å². The van der Waals surface area contributed by atoms with Crippen LogP contribution in [0.1, 0.15) is 24.2 Å². The van der Waals surface area contributed by atoms with E-state index in [1.807, 2.05) is 12.1 Å². The van der Waals surface area contributed by atoms with Crippen LogP contribution in [0.4, 0.5) is 14.9 Å². The number of quaternary nitrogens is 1. The molecule has 4 rings (SSSR count). The predicted octanol–water partition coefficient (Wildman–Crippen LogP) is 3.52. The van der Waals surface area contributed by atoms with Crippen molar-refractivity contribution in [2.75, 3.05) is 26.2 Å². The lowest BCUT2D eigenvalue weighted by Gasteiger charge is -2.49. The van der Waals surface area contributed by atoms with Crippen molar-refractivity contribution < 1.29 is 18.7 Å². The highest BCUT2D eigenvalue weighted by Gasteiger charge is 2.54. The Balaban J connectivity index is 1.86. The van der Waals surface area contributed by atoms with Gasteiger partial charge in [-0.15, -0.1) is 0 Å². The minimum absolute atomic E-state index is 0.0618. The van der Waals surface area contributed by atoms with Crippen molar-refractivity contribution in [3.63, 3.8) is 0 Å². The standard InChI is InChI=1S/C22H23BrFN3O3/c1-14(28)26-9-10-27(22(25)29,18-5-3-17(24)4-6-18)20(13-26)21-19-7-2-16(23)12-15(19)8-11-30-21/h2-7,12,20-21H,8-11,13H2,1H3,(H-,25,29)/p+1. The molecule has 0 spiro atoms. The summed E-state index contributed by atoms with van der Waals surface area (Å²) >= 11 is 3.52. The second kappa shape index (κ2) is 8.09. The Labute approximate surface area is 183 Å². The lowest BCUT2D eigenvalue weighted by Crippen LogP contribution is -2.73. The van der Waals surface area contributed by atoms with Gasteiger partial charge in [0.15, 0.2) is 6.04 Å². The van der Waals surface area contributed by atoms with Gasteiger partial charge >= 0.3 is 6.03 Å². The molecule has 6 nitrogen and oxygen atoms in total. The molecule has 3 unspecified atom stereocenters. The van der Waals surface area contributed by atoms with Crippen LogP contribution >= 0.6 is 15.9 Å². The number of piperazine rings is 1. The zero-order valence-electron chi connectivity index (χ0n) is 16.7. The Kier molecular flexibility index (Phi) is 5.65. The number of rotatable bonds is 2. The van der Waals surface area contributed by atoms with Gasteiger partial charge in [-0.25, -0.2) is 13.7 Å². The zero-order chi connectivity index (χ0) is 21.5. The maximum absolute atomic E-state index is 13.6. The van der Waals surface area contributed by atoms with Crippen molar-refractivity contribution in [2.45, 2.75) is 25.5 Å². The van der Waals surface area contributed by atoms with Crippen molar-refractivity contribution in [3.05, 3.63) is 63.9 Å². The number of hydrogen-bond donors (Lipinski definition) is 1. The van der Waals surface area contributed by atoms with Gasteiger partial charge in [-0.3, -0.25) is 4.79 Å². The molecule has 0 aliphatic carbocycles. The SMILES string of the molecule is CC(=O)N1CC[N+](C(N)=O)(c2ccc(F)cc2)C(C2OCCc3cc(Br)ccc32)C1. The Morgan fingerprint density at radius 1 is 1.23 bits per heavy atom. The topological polar surface area (TPSA) is 72.6 Å². The van der Waals surface area contributed by atoms with E-state index in [1.54, 1.807) is 17.0 Å². The monoisotopic (exact) mass is 476 g/mol. The molecule has 0 saturated carbocycles. The van der Waals surface area contributed by atoms with Gasteiger partial charge in [-0.1, -0.05) is 22.0 Å². The number of ether oxygens (including phenoxy) is 1. The molecule has 3 atom stereocenters. The number of carbonyl (C=O) groups excluding carboxylic acids is 2. The van der Waals surface area contributed by atoms with Crippen LogP contribution in [0.25, 0.3) is 0 Å². The molecule has 2 aliphatic heterocycles. The second-order valence-electron chi connectivity index (χ2n) is 7.82. The van der Waals surface area contributed by atoms with Crippen molar-refractivity contribution in [1.29, 1.82) is 0 Å². The number of carbonyl (C=O) groups is 2. The maximum atomic E-state index is 13.6. The first-order chi connectivity index (χ1) is 14.3. The lowest BCUT2D eigenvalue weighted by molar-refractivity contribution is -0.133. The minimum atomic E-state index is -0.539. The summed E-state index contributed by atoms with van der Waals surface area (Å²) in [5.41, 5.74) is 8.74. The fourth-order valence-electron chi connectivity index (χ4n) is 4.71. The van der Waals surface area contributed by atoms with Crippen LogP contribution in [0, 0.1) is 5.82 Å². The Hall–Kier alpha value is -2.29. The number of hydrogen-bond acceptors (Lipinski definition) is 3. The van der Waals surface area contributed by atoms with Gasteiger partial charge in [0.2, 0.25) is 5.91 Å². The van der Waals surface area contributed by atoms with Crippen molar-refractivity contribution in [1.82, 2.24) is 9.38 Å². The first-order valence-corrected chi connectivity index (χ1v) is 10.7. The number of amides is 3. The molecule has 8 heteroatoms. The molecule has 2 aliphatic rings. The quantitative estimate of drug-likeness (QED) is 0.673. The van der Waals surface area contributed by atoms with E-state index in [4.69, 9.17) is 10.5 Å². The van der Waals surface area contributed by atoms with Crippen LogP contribution in [0.5, 0.6) is 0 Å². The Morgan fingerprint density at radius 2 is 1.97 bits per heavy atom. The number of halogens is 2. The molecule has 1 saturated heterocycles. The summed E-state index contributed by atoms with van der Waals surface area (Å²) in [5, 5.41) is 0. The highest BCUT2D eigenvalue weighted by atomic mass is 79.9. The third-order valence-corrected chi connectivity index (χ3v) is 6.75. The van der Waals surface area contributed by atoms with Gasteiger partial charge < -0.3 is 15.4 Å². The number of urea groups is 1. The summed E-state index contributed by atoms with van der Waals surface area (Å²) in [7, 11) is 0. The number of fused-ring (bicyclic) bond motifs is 1. The third-order valence-electron chi connectivity index (χ3n) is 6.25. The molecular weight excluding hydrogens is 453 g/mol. The van der Waals surface area contributed by atoms with E-state index >= 15 is 0 Å². The molecule has 1 fully saturated rings. The van der Waals surface area contributed by atoms with Crippen LogP contribution in [0.2, 0.25) is 0 Å². The molecule has 0 radical (unpaired) electrons. The second-order valence-corrected chi connectivity index (χ2v) is 8.74. The highest BCUT2D eigenvalue weighted by Crippen LogP contribution is 2.41. The molecule has 2 aromatic carbocycles. The lowest BCUT2D eigenvalue weighted by atomic mass is 9.89. The van der Waals surface area contributed by atoms with E-state index in [2.05, 4.69) is 22.0 Å². The van der Waals surface area contributed by atoms with Crippen molar-refractivity contribution in [3.8, 4) is 0 Å². The van der Waals surface area contributed by atoms with Crippen LogP contribution in [-0.4, -0.2) is 49.1 Å². The van der Waals surface area contributed by atoms with Crippen LogP contribution in [0.3, 0.4) is 0 Å². The molecule has 158 valence electrons. The number of nitrogens with two attached hydrogens (primary N) is 1. The van der Waals surface area contributed by atoms with Crippen LogP contribution in [-0.2, 0) is 16.0 Å². The summed E-state index contributed by atoms with van der Waals surface area (Å²) in [5.74, 6) is -0.447. The van der Waals surface area contributed by atoms with Gasteiger partial charge in [0.1, 0.15) is 24.2 Å². The molecule has 0 aromatic heterocycles. The van der Waals surface area contributed by atoms with Gasteiger partial charge in [0.25, 0.3) is 0 Å². The van der Waals surface area contributed by atoms with E-state index < -0.39 is 18.2 Å². The van der Waals surface area contributed by atoms with Gasteiger partial charge in [-0.05, 0) is 41.8 Å². The largest absolute Gasteiger partial charge is 0.419 e. The van der Waals surface area contributed by atoms with E-state index in [9.17, 15) is 14.0 Å². The fraction of sp³-hybridized carbons (Fsp3) is 0.364. The summed E-state index contributed by atoms with van der Waals surface area (Å²) in [6.45, 7) is 3.03. The molecular formula is C22H24BrFN3O3+. The van der Waals surface area contributed by atoms with Gasteiger partial charge in [-0.2, -0.15) is 0 Å². The van der Waals surface area contributed by atoms with Crippen LogP contribution < -0.4 is 10.2 Å². The van der Waals surface area contributed by atoms with E-state index in [1.165, 1.54) is 19.1 Å². The molecule has 2 aromatic rings. The molecule has 30 heavy (non-hydrogen) atoms.